The maximum atomic E-state index is 15.6. The normalized spacial score (nSPS) is 26.9. The Morgan fingerprint density at radius 1 is 0.967 bits per heavy atom. The van der Waals surface area contributed by atoms with Crippen molar-refractivity contribution in [2.75, 3.05) is 53.2 Å². The van der Waals surface area contributed by atoms with Gasteiger partial charge in [0.1, 0.15) is 11.9 Å². The summed E-state index contributed by atoms with van der Waals surface area (Å²) in [6.45, 7) is 5.64. The van der Waals surface area contributed by atoms with Gasteiger partial charge in [-0.2, -0.15) is 4.98 Å². The molecule has 60 heavy (non-hydrogen) atoms. The van der Waals surface area contributed by atoms with E-state index in [9.17, 15) is 27.9 Å². The minimum atomic E-state index is -3.77. The number of nitrogens with one attached hydrogen (secondary N) is 4. The van der Waals surface area contributed by atoms with E-state index in [0.717, 1.165) is 83.0 Å². The van der Waals surface area contributed by atoms with Crippen molar-refractivity contribution in [1.29, 1.82) is 0 Å². The van der Waals surface area contributed by atoms with Gasteiger partial charge in [-0.05, 0) is 119 Å². The van der Waals surface area contributed by atoms with Crippen LogP contribution in [0.5, 0.6) is 0 Å². The van der Waals surface area contributed by atoms with E-state index in [4.69, 9.17) is 4.98 Å². The summed E-state index contributed by atoms with van der Waals surface area (Å²) in [5.74, 6) is 0.294. The number of halogens is 1. The minimum absolute atomic E-state index is 0.0615. The van der Waals surface area contributed by atoms with Crippen LogP contribution >= 0.6 is 0 Å². The molecular formula is C43H54FN9O6S. The van der Waals surface area contributed by atoms with E-state index in [1.165, 1.54) is 0 Å². The topological polar surface area (TPSA) is 189 Å². The molecular weight excluding hydrogens is 790 g/mol. The van der Waals surface area contributed by atoms with Gasteiger partial charge in [-0.15, -0.1) is 0 Å². The quantitative estimate of drug-likeness (QED) is 0.173. The molecule has 5 fully saturated rings. The molecule has 6 aliphatic rings. The third kappa shape index (κ3) is 8.08. The lowest BCUT2D eigenvalue weighted by atomic mass is 9.86. The van der Waals surface area contributed by atoms with Crippen molar-refractivity contribution >= 4 is 56.6 Å². The number of carbonyl (C=O) groups excluding carboxylic acids is 3. The van der Waals surface area contributed by atoms with Crippen LogP contribution in [0.3, 0.4) is 0 Å². The summed E-state index contributed by atoms with van der Waals surface area (Å²) in [6.07, 6.45) is 9.69. The molecule has 3 aliphatic carbocycles. The second-order valence-electron chi connectivity index (χ2n) is 17.7. The highest BCUT2D eigenvalue weighted by atomic mass is 32.2. The molecule has 0 bridgehead atoms. The van der Waals surface area contributed by atoms with Crippen LogP contribution in [0.25, 0.3) is 0 Å². The molecule has 3 aromatic rings. The second-order valence-corrected chi connectivity index (χ2v) is 19.4. The van der Waals surface area contributed by atoms with E-state index in [0.29, 0.717) is 60.6 Å². The van der Waals surface area contributed by atoms with Crippen molar-refractivity contribution in [3.05, 3.63) is 59.5 Å². The highest BCUT2D eigenvalue weighted by Crippen LogP contribution is 2.57. The molecule has 3 aliphatic heterocycles. The number of aliphatic hydroxyl groups is 1. The Hall–Kier alpha value is -4.71. The molecule has 5 N–H and O–H groups in total. The van der Waals surface area contributed by atoms with E-state index < -0.39 is 39.3 Å². The number of benzene rings is 2. The van der Waals surface area contributed by atoms with Gasteiger partial charge in [0.2, 0.25) is 33.7 Å². The summed E-state index contributed by atoms with van der Waals surface area (Å²) in [5, 5.41) is 18.9. The van der Waals surface area contributed by atoms with E-state index in [1.54, 1.807) is 47.5 Å². The van der Waals surface area contributed by atoms with Gasteiger partial charge in [0.15, 0.2) is 5.82 Å². The van der Waals surface area contributed by atoms with Gasteiger partial charge >= 0.3 is 0 Å². The molecule has 2 saturated heterocycles. The third-order valence-electron chi connectivity index (χ3n) is 13.6. The van der Waals surface area contributed by atoms with Gasteiger partial charge in [-0.25, -0.2) is 22.5 Å². The lowest BCUT2D eigenvalue weighted by Crippen LogP contribution is -2.49. The Labute approximate surface area is 349 Å². The minimum Gasteiger partial charge on any atom is -0.393 e. The van der Waals surface area contributed by atoms with Gasteiger partial charge in [-0.1, -0.05) is 6.07 Å². The lowest BCUT2D eigenvalue weighted by Gasteiger charge is -2.39. The number of hydrogen-bond donors (Lipinski definition) is 5. The zero-order valence-corrected chi connectivity index (χ0v) is 34.8. The first-order valence-corrected chi connectivity index (χ1v) is 23.0. The molecule has 4 heterocycles. The molecule has 15 nitrogen and oxygen atoms in total. The van der Waals surface area contributed by atoms with Crippen LogP contribution in [0.4, 0.5) is 33.2 Å². The van der Waals surface area contributed by atoms with E-state index >= 15 is 4.39 Å². The number of rotatable bonds is 11. The van der Waals surface area contributed by atoms with Crippen LogP contribution in [-0.2, 0) is 29.8 Å². The predicted molar refractivity (Wildman–Crippen MR) is 224 cm³/mol. The third-order valence-corrected chi connectivity index (χ3v) is 15.1. The van der Waals surface area contributed by atoms with Crippen molar-refractivity contribution in [2.24, 2.45) is 5.92 Å². The van der Waals surface area contributed by atoms with Gasteiger partial charge in [0.05, 0.1) is 27.8 Å². The molecule has 1 aromatic heterocycles. The second kappa shape index (κ2) is 16.3. The number of nitrogens with zero attached hydrogens (tertiary/aromatic N) is 5. The van der Waals surface area contributed by atoms with Gasteiger partial charge < -0.3 is 20.6 Å². The molecule has 17 heteroatoms. The van der Waals surface area contributed by atoms with E-state index in [2.05, 4.69) is 30.6 Å². The first-order valence-electron chi connectivity index (χ1n) is 21.5. The summed E-state index contributed by atoms with van der Waals surface area (Å²) in [5.41, 5.74) is 2.44. The molecule has 3 atom stereocenters. The number of piperazine rings is 1. The summed E-state index contributed by atoms with van der Waals surface area (Å²) < 4.78 is 45.7. The monoisotopic (exact) mass is 843 g/mol. The molecule has 0 unspecified atom stereocenters. The van der Waals surface area contributed by atoms with Crippen LogP contribution in [0.1, 0.15) is 88.2 Å². The number of piperidine rings is 1. The summed E-state index contributed by atoms with van der Waals surface area (Å²) >= 11 is 0. The number of sulfonamides is 1. The van der Waals surface area contributed by atoms with Crippen molar-refractivity contribution < 1.29 is 32.3 Å². The Kier molecular flexibility index (Phi) is 11.0. The first-order chi connectivity index (χ1) is 28.9. The maximum Gasteiger partial charge on any atom is 0.249 e. The maximum absolute atomic E-state index is 15.6. The number of hydrogen-bond acceptors (Lipinski definition) is 12. The van der Waals surface area contributed by atoms with E-state index in [-0.39, 0.29) is 40.9 Å². The van der Waals surface area contributed by atoms with Crippen molar-refractivity contribution in [2.45, 2.75) is 119 Å². The Balaban J connectivity index is 0.756. The van der Waals surface area contributed by atoms with Gasteiger partial charge in [0.25, 0.3) is 0 Å². The van der Waals surface area contributed by atoms with Crippen molar-refractivity contribution in [3.8, 4) is 0 Å². The fraction of sp³-hybridized carbons (Fsp3) is 0.558. The van der Waals surface area contributed by atoms with Crippen LogP contribution in [0.2, 0.25) is 0 Å². The smallest absolute Gasteiger partial charge is 0.249 e. The van der Waals surface area contributed by atoms with Gasteiger partial charge in [0, 0.05) is 68.7 Å². The zero-order valence-electron chi connectivity index (χ0n) is 34.0. The lowest BCUT2D eigenvalue weighted by molar-refractivity contribution is -0.133. The summed E-state index contributed by atoms with van der Waals surface area (Å²) in [6, 6.07) is 9.20. The largest absolute Gasteiger partial charge is 0.393 e. The number of carbonyl (C=O) groups is 3. The van der Waals surface area contributed by atoms with Gasteiger partial charge in [-0.3, -0.25) is 29.5 Å². The number of aryl methyl sites for hydroxylation is 1. The molecule has 320 valence electrons. The summed E-state index contributed by atoms with van der Waals surface area (Å²) in [7, 11) is -3.77. The zero-order chi connectivity index (χ0) is 41.8. The first kappa shape index (κ1) is 40.7. The molecule has 0 radical (unpaired) electrons. The number of anilines is 5. The summed E-state index contributed by atoms with van der Waals surface area (Å²) in [4.78, 5) is 53.2. The number of aliphatic hydroxyl groups excluding tert-OH is 1. The highest BCUT2D eigenvalue weighted by molar-refractivity contribution is 7.89. The van der Waals surface area contributed by atoms with Crippen LogP contribution in [0.15, 0.2) is 47.5 Å². The van der Waals surface area contributed by atoms with Crippen molar-refractivity contribution in [1.82, 2.24) is 24.9 Å². The fourth-order valence-electron chi connectivity index (χ4n) is 9.96. The molecule has 3 saturated carbocycles. The van der Waals surface area contributed by atoms with Crippen LogP contribution in [-0.4, -0.2) is 103 Å². The highest BCUT2D eigenvalue weighted by Gasteiger charge is 2.61. The fourth-order valence-corrected chi connectivity index (χ4v) is 11.4. The molecule has 1 spiro atoms. The number of imide groups is 1. The predicted octanol–water partition coefficient (Wildman–Crippen LogP) is 4.23. The molecule has 3 amide bonds. The number of aromatic nitrogens is 2. The standard InChI is InChI=1S/C43H54FN9O6S/c1-26-22-31(12-13-33(26)47-42-45-24-32-39(49-42)53(41(57)43(32)16-17-43)29-4-2-5-30(54)23-29)60(58,59)50-28-10-8-27(9-11-28)25-51-18-20-52(21-19-51)36-7-3-6-34(38(36)44)46-35-14-15-37(55)48-40(35)56/h3,6-7,12-13,22,24,27-30,35,46,50,54H,2,4-5,8-11,14-21,23,25H2,1H3,(H,45,47,49)(H,48,55,56)/t27?,28?,29-,30-,35+/m1/s1. The molecule has 9 rings (SSSR count). The Bertz CT molecular complexity index is 2280. The number of amides is 3. The molecule has 2 aromatic carbocycles. The average molecular weight is 844 g/mol. The van der Waals surface area contributed by atoms with E-state index in [1.807, 2.05) is 11.8 Å². The number of fused-ring (bicyclic) bond motifs is 2. The Morgan fingerprint density at radius 2 is 1.75 bits per heavy atom. The van der Waals surface area contributed by atoms with Crippen LogP contribution in [0, 0.1) is 18.7 Å². The van der Waals surface area contributed by atoms with Crippen LogP contribution < -0.4 is 30.5 Å². The Morgan fingerprint density at radius 3 is 2.47 bits per heavy atom. The van der Waals surface area contributed by atoms with Crippen molar-refractivity contribution in [3.63, 3.8) is 0 Å². The average Bonchev–Trinajstić information content (AvgIpc) is 4.00. The SMILES string of the molecule is Cc1cc(S(=O)(=O)NC2CCC(CN3CCN(c4cccc(N[C@H]5CCC(=O)NC5=O)c4F)CC3)CC2)ccc1Nc1ncc2c(n1)N([C@@H]1CCC[C@@H](O)C1)C(=O)C21CC1.